The van der Waals surface area contributed by atoms with Crippen molar-refractivity contribution in [1.29, 1.82) is 0 Å². The number of benzene rings is 1. The topological polar surface area (TPSA) is 29.3 Å². The van der Waals surface area contributed by atoms with Crippen LogP contribution in [0.4, 0.5) is 5.69 Å². The summed E-state index contributed by atoms with van der Waals surface area (Å²) < 4.78 is 0. The molecule has 2 N–H and O–H groups in total. The minimum Gasteiger partial charge on any atom is -0.374 e. The third-order valence-electron chi connectivity index (χ3n) is 3.82. The van der Waals surface area contributed by atoms with E-state index in [4.69, 9.17) is 5.73 Å². The fourth-order valence-electron chi connectivity index (χ4n) is 2.77. The van der Waals surface area contributed by atoms with Crippen molar-refractivity contribution >= 4 is 5.69 Å². The lowest BCUT2D eigenvalue weighted by molar-refractivity contribution is 0.547. The van der Waals surface area contributed by atoms with E-state index in [1.54, 1.807) is 0 Å². The number of nitrogens with zero attached hydrogens (tertiary/aromatic N) is 1. The van der Waals surface area contributed by atoms with Gasteiger partial charge in [0.1, 0.15) is 0 Å². The Balaban J connectivity index is 1.91. The van der Waals surface area contributed by atoms with Gasteiger partial charge in [-0.1, -0.05) is 25.0 Å². The molecular weight excluding hydrogens is 208 g/mol. The lowest BCUT2D eigenvalue weighted by Crippen LogP contribution is -2.23. The Morgan fingerprint density at radius 1 is 1.18 bits per heavy atom. The first-order chi connectivity index (χ1) is 8.29. The molecule has 1 aromatic carbocycles. The van der Waals surface area contributed by atoms with Crippen molar-refractivity contribution in [2.75, 3.05) is 25.0 Å². The summed E-state index contributed by atoms with van der Waals surface area (Å²) in [6, 6.07) is 8.85. The molecule has 0 saturated heterocycles. The van der Waals surface area contributed by atoms with Crippen LogP contribution in [-0.4, -0.2) is 20.1 Å². The van der Waals surface area contributed by atoms with Crippen molar-refractivity contribution in [3.8, 4) is 0 Å². The first kappa shape index (κ1) is 12.4. The van der Waals surface area contributed by atoms with E-state index in [2.05, 4.69) is 36.2 Å². The molecule has 0 heterocycles. The zero-order valence-electron chi connectivity index (χ0n) is 10.9. The van der Waals surface area contributed by atoms with Gasteiger partial charge < -0.3 is 10.6 Å². The maximum Gasteiger partial charge on any atom is 0.0363 e. The van der Waals surface area contributed by atoms with Crippen molar-refractivity contribution in [3.05, 3.63) is 29.8 Å². The Morgan fingerprint density at radius 2 is 1.82 bits per heavy atom. The number of nitrogens with two attached hydrogens (primary N) is 1. The van der Waals surface area contributed by atoms with Crippen LogP contribution in [0.15, 0.2) is 24.3 Å². The van der Waals surface area contributed by atoms with E-state index in [0.29, 0.717) is 0 Å². The highest BCUT2D eigenvalue weighted by Gasteiger charge is 2.16. The van der Waals surface area contributed by atoms with Crippen molar-refractivity contribution in [3.63, 3.8) is 0 Å². The zero-order chi connectivity index (χ0) is 12.1. The molecule has 0 bridgehead atoms. The molecule has 1 aliphatic carbocycles. The van der Waals surface area contributed by atoms with Crippen molar-refractivity contribution in [2.45, 2.75) is 32.1 Å². The van der Waals surface area contributed by atoms with Gasteiger partial charge in [-0.3, -0.25) is 0 Å². The predicted molar refractivity (Wildman–Crippen MR) is 74.4 cm³/mol. The van der Waals surface area contributed by atoms with Crippen LogP contribution in [0.3, 0.4) is 0 Å². The largest absolute Gasteiger partial charge is 0.374 e. The number of hydrogen-bond acceptors (Lipinski definition) is 2. The minimum absolute atomic E-state index is 0.733. The van der Waals surface area contributed by atoms with Gasteiger partial charge in [-0.2, -0.15) is 0 Å². The summed E-state index contributed by atoms with van der Waals surface area (Å²) in [5.41, 5.74) is 8.23. The Kier molecular flexibility index (Phi) is 4.43. The fraction of sp³-hybridized carbons (Fsp3) is 0.600. The van der Waals surface area contributed by atoms with E-state index in [1.807, 2.05) is 0 Å². The van der Waals surface area contributed by atoms with Gasteiger partial charge in [-0.15, -0.1) is 0 Å². The molecule has 2 rings (SSSR count). The highest BCUT2D eigenvalue weighted by molar-refractivity contribution is 5.47. The molecule has 2 heteroatoms. The average molecular weight is 232 g/mol. The predicted octanol–water partition coefficient (Wildman–Crippen LogP) is 2.81. The molecule has 0 aliphatic heterocycles. The highest BCUT2D eigenvalue weighted by atomic mass is 15.1. The maximum atomic E-state index is 5.56. The van der Waals surface area contributed by atoms with E-state index < -0.39 is 0 Å². The zero-order valence-corrected chi connectivity index (χ0v) is 10.9. The van der Waals surface area contributed by atoms with Gasteiger partial charge in [0, 0.05) is 19.3 Å². The molecule has 94 valence electrons. The summed E-state index contributed by atoms with van der Waals surface area (Å²) in [6.45, 7) is 1.94. The molecular formula is C15H24N2. The van der Waals surface area contributed by atoms with Crippen LogP contribution in [0.1, 0.15) is 31.2 Å². The van der Waals surface area contributed by atoms with E-state index >= 15 is 0 Å². The summed E-state index contributed by atoms with van der Waals surface area (Å²) in [6.07, 6.45) is 6.65. The first-order valence-corrected chi connectivity index (χ1v) is 6.79. The lowest BCUT2D eigenvalue weighted by atomic mass is 10.1. The summed E-state index contributed by atoms with van der Waals surface area (Å²) in [5, 5.41) is 0. The van der Waals surface area contributed by atoms with Crippen LogP contribution in [0.2, 0.25) is 0 Å². The molecule has 0 aromatic heterocycles. The molecule has 0 radical (unpaired) electrons. The molecule has 0 amide bonds. The Hall–Kier alpha value is -1.02. The summed E-state index contributed by atoms with van der Waals surface area (Å²) in [7, 11) is 2.20. The van der Waals surface area contributed by atoms with Crippen LogP contribution in [0, 0.1) is 5.92 Å². The van der Waals surface area contributed by atoms with Gasteiger partial charge in [0.2, 0.25) is 0 Å². The number of hydrogen-bond donors (Lipinski definition) is 1. The number of rotatable bonds is 5. The Bertz CT molecular complexity index is 325. The third kappa shape index (κ3) is 3.47. The summed E-state index contributed by atoms with van der Waals surface area (Å²) in [5.74, 6) is 0.906. The first-order valence-electron chi connectivity index (χ1n) is 6.79. The van der Waals surface area contributed by atoms with Gasteiger partial charge in [0.25, 0.3) is 0 Å². The molecule has 1 fully saturated rings. The van der Waals surface area contributed by atoms with Crippen LogP contribution < -0.4 is 10.6 Å². The highest BCUT2D eigenvalue weighted by Crippen LogP contribution is 2.26. The standard InChI is InChI=1S/C15H24N2/c1-17(12-14-4-2-3-5-14)15-8-6-13(7-9-15)10-11-16/h6-9,14H,2-5,10-12,16H2,1H3. The Labute approximate surface area is 105 Å². The fourth-order valence-corrected chi connectivity index (χ4v) is 2.77. The number of anilines is 1. The minimum atomic E-state index is 0.733. The van der Waals surface area contributed by atoms with E-state index in [1.165, 1.54) is 43.5 Å². The van der Waals surface area contributed by atoms with Crippen molar-refractivity contribution < 1.29 is 0 Å². The molecule has 17 heavy (non-hydrogen) atoms. The smallest absolute Gasteiger partial charge is 0.0363 e. The third-order valence-corrected chi connectivity index (χ3v) is 3.82. The van der Waals surface area contributed by atoms with E-state index in [0.717, 1.165) is 18.9 Å². The van der Waals surface area contributed by atoms with Crippen molar-refractivity contribution in [1.82, 2.24) is 0 Å². The summed E-state index contributed by atoms with van der Waals surface area (Å²) >= 11 is 0. The molecule has 2 nitrogen and oxygen atoms in total. The second-order valence-corrected chi connectivity index (χ2v) is 5.24. The normalized spacial score (nSPS) is 16.4. The summed E-state index contributed by atoms with van der Waals surface area (Å²) in [4.78, 5) is 2.39. The quantitative estimate of drug-likeness (QED) is 0.846. The van der Waals surface area contributed by atoms with Gasteiger partial charge >= 0.3 is 0 Å². The average Bonchev–Trinajstić information content (AvgIpc) is 2.83. The van der Waals surface area contributed by atoms with Crippen molar-refractivity contribution in [2.24, 2.45) is 11.7 Å². The Morgan fingerprint density at radius 3 is 2.41 bits per heavy atom. The monoisotopic (exact) mass is 232 g/mol. The molecule has 0 unspecified atom stereocenters. The van der Waals surface area contributed by atoms with Gasteiger partial charge in [-0.05, 0) is 49.4 Å². The maximum absolute atomic E-state index is 5.56. The SMILES string of the molecule is CN(CC1CCCC1)c1ccc(CCN)cc1. The molecule has 1 aromatic rings. The van der Waals surface area contributed by atoms with Gasteiger partial charge in [0.15, 0.2) is 0 Å². The second-order valence-electron chi connectivity index (χ2n) is 5.24. The van der Waals surface area contributed by atoms with E-state index in [9.17, 15) is 0 Å². The second kappa shape index (κ2) is 6.06. The molecule has 1 saturated carbocycles. The van der Waals surface area contributed by atoms with Crippen LogP contribution in [0.5, 0.6) is 0 Å². The van der Waals surface area contributed by atoms with Gasteiger partial charge in [-0.25, -0.2) is 0 Å². The van der Waals surface area contributed by atoms with Crippen LogP contribution in [0.25, 0.3) is 0 Å². The van der Waals surface area contributed by atoms with E-state index in [-0.39, 0.29) is 0 Å². The molecule has 0 atom stereocenters. The van der Waals surface area contributed by atoms with Gasteiger partial charge in [0.05, 0.1) is 0 Å². The molecule has 1 aliphatic rings. The lowest BCUT2D eigenvalue weighted by Gasteiger charge is -2.23. The molecule has 0 spiro atoms. The van der Waals surface area contributed by atoms with Crippen LogP contribution in [-0.2, 0) is 6.42 Å². The van der Waals surface area contributed by atoms with Crippen LogP contribution >= 0.6 is 0 Å².